The number of carbonyl (C=O) groups excluding carboxylic acids is 1. The van der Waals surface area contributed by atoms with Gasteiger partial charge in [-0.3, -0.25) is 4.79 Å². The highest BCUT2D eigenvalue weighted by Gasteiger charge is 2.57. The smallest absolute Gasteiger partial charge is 0.309 e. The van der Waals surface area contributed by atoms with Gasteiger partial charge in [-0.05, 0) is 29.9 Å². The van der Waals surface area contributed by atoms with Crippen LogP contribution >= 0.6 is 0 Å². The Kier molecular flexibility index (Phi) is 5.82. The number of esters is 1. The molecule has 0 unspecified atom stereocenters. The largest absolute Gasteiger partial charge is 0.461 e. The predicted molar refractivity (Wildman–Crippen MR) is 102 cm³/mol. The van der Waals surface area contributed by atoms with Gasteiger partial charge in [-0.1, -0.05) is 20.1 Å². The van der Waals surface area contributed by atoms with Crippen molar-refractivity contribution in [1.29, 1.82) is 0 Å². The molecule has 168 valence electrons. The first-order chi connectivity index (χ1) is 14.1. The number of fused-ring (bicyclic) bond motifs is 3. The summed E-state index contributed by atoms with van der Waals surface area (Å²) in [5.41, 5.74) is 1.28. The van der Waals surface area contributed by atoms with Crippen molar-refractivity contribution in [2.45, 2.75) is 68.8 Å². The second-order valence-electron chi connectivity index (χ2n) is 8.95. The topological polar surface area (TPSA) is 146 Å². The van der Waals surface area contributed by atoms with Crippen LogP contribution in [0.3, 0.4) is 0 Å². The molecule has 2 saturated heterocycles. The lowest BCUT2D eigenvalue weighted by atomic mass is 9.80. The highest BCUT2D eigenvalue weighted by Crippen LogP contribution is 2.53. The molecule has 4 aliphatic rings. The lowest BCUT2D eigenvalue weighted by molar-refractivity contribution is -0.308. The summed E-state index contributed by atoms with van der Waals surface area (Å²) in [5, 5.41) is 50.3. The standard InChI is InChI=1S/C21H30O9/c1-7-10-5-13(28-21-18(26)17(25)16(24)14(6-22)29-21)9(3)15(10)19-11(4-12(7)23)8(2)20(27)30-19/h8,10-19,21-26H,1,3-6H2,2H3/t8-,10-,11-,12+,13-,14+,15-,16+,17-,18+,19-,21+/m0/s1. The van der Waals surface area contributed by atoms with Gasteiger partial charge in [0, 0.05) is 11.8 Å². The number of hydrogen-bond acceptors (Lipinski definition) is 9. The third kappa shape index (κ3) is 3.33. The molecule has 9 nitrogen and oxygen atoms in total. The summed E-state index contributed by atoms with van der Waals surface area (Å²) in [4.78, 5) is 12.2. The van der Waals surface area contributed by atoms with Crippen LogP contribution in [0.25, 0.3) is 0 Å². The van der Waals surface area contributed by atoms with Crippen LogP contribution in [-0.2, 0) is 19.0 Å². The molecule has 5 N–H and O–H groups in total. The Balaban J connectivity index is 1.56. The van der Waals surface area contributed by atoms with E-state index in [1.807, 2.05) is 0 Å². The van der Waals surface area contributed by atoms with Crippen molar-refractivity contribution in [2.24, 2.45) is 23.7 Å². The van der Waals surface area contributed by atoms with Crippen LogP contribution in [-0.4, -0.2) is 87.1 Å². The van der Waals surface area contributed by atoms with E-state index in [2.05, 4.69) is 13.2 Å². The maximum absolute atomic E-state index is 12.2. The van der Waals surface area contributed by atoms with Crippen LogP contribution in [0.1, 0.15) is 19.8 Å². The molecule has 2 heterocycles. The number of carbonyl (C=O) groups is 1. The monoisotopic (exact) mass is 426 g/mol. The van der Waals surface area contributed by atoms with Gasteiger partial charge in [0.05, 0.1) is 24.7 Å². The van der Waals surface area contributed by atoms with E-state index in [4.69, 9.17) is 14.2 Å². The Hall–Kier alpha value is -1.33. The number of aliphatic hydroxyl groups is 5. The van der Waals surface area contributed by atoms with Gasteiger partial charge in [0.15, 0.2) is 6.29 Å². The van der Waals surface area contributed by atoms with Crippen LogP contribution < -0.4 is 0 Å². The number of hydrogen-bond donors (Lipinski definition) is 5. The van der Waals surface area contributed by atoms with Crippen molar-refractivity contribution in [3.05, 3.63) is 24.3 Å². The highest BCUT2D eigenvalue weighted by molar-refractivity contribution is 5.75. The third-order valence-electron chi connectivity index (χ3n) is 7.33. The molecule has 0 aromatic heterocycles. The highest BCUT2D eigenvalue weighted by atomic mass is 16.7. The predicted octanol–water partition coefficient (Wildman–Crippen LogP) is -1.14. The molecular formula is C21H30O9. The van der Waals surface area contributed by atoms with E-state index < -0.39 is 55.6 Å². The fourth-order valence-corrected chi connectivity index (χ4v) is 5.43. The number of aliphatic hydroxyl groups excluding tert-OH is 5. The Morgan fingerprint density at radius 1 is 1.07 bits per heavy atom. The Labute approximate surface area is 174 Å². The number of ether oxygens (including phenoxy) is 3. The Bertz CT molecular complexity index is 721. The van der Waals surface area contributed by atoms with Crippen LogP contribution in [0, 0.1) is 23.7 Å². The fourth-order valence-electron chi connectivity index (χ4n) is 5.43. The number of rotatable bonds is 3. The first kappa shape index (κ1) is 21.9. The van der Waals surface area contributed by atoms with Gasteiger partial charge in [-0.2, -0.15) is 0 Å². The van der Waals surface area contributed by atoms with Crippen LogP contribution in [0.2, 0.25) is 0 Å². The molecule has 0 aromatic carbocycles. The molecule has 12 atom stereocenters. The van der Waals surface area contributed by atoms with E-state index >= 15 is 0 Å². The SMILES string of the molecule is C=C1[C@@H]2[C@H]3OC(=O)[C@@H](C)[C@@H]3C[C@@H](O)C(=C)[C@@H]2C[C@@H]1O[C@@H]1O[C@H](CO)[C@@H](O)[C@H](O)[C@H]1O. The quantitative estimate of drug-likeness (QED) is 0.279. The molecule has 0 radical (unpaired) electrons. The molecule has 0 spiro atoms. The fraction of sp³-hybridized carbons (Fsp3) is 0.762. The zero-order chi connectivity index (χ0) is 21.9. The maximum Gasteiger partial charge on any atom is 0.309 e. The van der Waals surface area contributed by atoms with E-state index in [9.17, 15) is 30.3 Å². The maximum atomic E-state index is 12.2. The van der Waals surface area contributed by atoms with Gasteiger partial charge in [-0.25, -0.2) is 0 Å². The van der Waals surface area contributed by atoms with Crippen molar-refractivity contribution in [3.8, 4) is 0 Å². The van der Waals surface area contributed by atoms with Gasteiger partial charge >= 0.3 is 5.97 Å². The van der Waals surface area contributed by atoms with E-state index in [0.29, 0.717) is 24.0 Å². The summed E-state index contributed by atoms with van der Waals surface area (Å²) in [6, 6.07) is 0. The summed E-state index contributed by atoms with van der Waals surface area (Å²) < 4.78 is 17.1. The summed E-state index contributed by atoms with van der Waals surface area (Å²) in [7, 11) is 0. The van der Waals surface area contributed by atoms with Crippen molar-refractivity contribution >= 4 is 5.97 Å². The van der Waals surface area contributed by atoms with Gasteiger partial charge in [0.2, 0.25) is 0 Å². The summed E-state index contributed by atoms with van der Waals surface area (Å²) in [6.07, 6.45) is -7.94. The average Bonchev–Trinajstić information content (AvgIpc) is 3.15. The second-order valence-corrected chi connectivity index (χ2v) is 8.95. The average molecular weight is 426 g/mol. The zero-order valence-corrected chi connectivity index (χ0v) is 16.8. The lowest BCUT2D eigenvalue weighted by Crippen LogP contribution is -2.59. The second kappa shape index (κ2) is 7.98. The van der Waals surface area contributed by atoms with E-state index in [-0.39, 0.29) is 29.6 Å². The van der Waals surface area contributed by atoms with Crippen LogP contribution in [0.15, 0.2) is 24.3 Å². The zero-order valence-electron chi connectivity index (χ0n) is 16.8. The molecule has 2 aliphatic carbocycles. The van der Waals surface area contributed by atoms with Crippen molar-refractivity contribution < 1.29 is 44.5 Å². The molecule has 0 aromatic rings. The molecule has 2 saturated carbocycles. The molecular weight excluding hydrogens is 396 g/mol. The first-order valence-corrected chi connectivity index (χ1v) is 10.4. The molecule has 9 heteroatoms. The van der Waals surface area contributed by atoms with Gasteiger partial charge in [0.25, 0.3) is 0 Å². The third-order valence-corrected chi connectivity index (χ3v) is 7.33. The van der Waals surface area contributed by atoms with Crippen molar-refractivity contribution in [1.82, 2.24) is 0 Å². The molecule has 0 amide bonds. The molecule has 30 heavy (non-hydrogen) atoms. The van der Waals surface area contributed by atoms with Crippen LogP contribution in [0.5, 0.6) is 0 Å². The van der Waals surface area contributed by atoms with Crippen molar-refractivity contribution in [2.75, 3.05) is 6.61 Å². The van der Waals surface area contributed by atoms with E-state index in [1.54, 1.807) is 6.92 Å². The molecule has 2 aliphatic heterocycles. The van der Waals surface area contributed by atoms with Gasteiger partial charge in [0.1, 0.15) is 30.5 Å². The van der Waals surface area contributed by atoms with Gasteiger partial charge in [-0.15, -0.1) is 0 Å². The summed E-state index contributed by atoms with van der Waals surface area (Å²) in [6.45, 7) is 9.47. The molecule has 0 bridgehead atoms. The Morgan fingerprint density at radius 2 is 1.77 bits per heavy atom. The summed E-state index contributed by atoms with van der Waals surface area (Å²) >= 11 is 0. The first-order valence-electron chi connectivity index (χ1n) is 10.4. The summed E-state index contributed by atoms with van der Waals surface area (Å²) in [5.74, 6) is -1.31. The lowest BCUT2D eigenvalue weighted by Gasteiger charge is -2.40. The van der Waals surface area contributed by atoms with Crippen molar-refractivity contribution in [3.63, 3.8) is 0 Å². The Morgan fingerprint density at radius 3 is 2.43 bits per heavy atom. The molecule has 4 rings (SSSR count). The normalized spacial score (nSPS) is 51.3. The van der Waals surface area contributed by atoms with E-state index in [0.717, 1.165) is 0 Å². The minimum Gasteiger partial charge on any atom is -0.461 e. The minimum atomic E-state index is -1.54. The van der Waals surface area contributed by atoms with Gasteiger partial charge < -0.3 is 39.7 Å². The molecule has 4 fully saturated rings. The van der Waals surface area contributed by atoms with E-state index in [1.165, 1.54) is 0 Å². The van der Waals surface area contributed by atoms with Crippen LogP contribution in [0.4, 0.5) is 0 Å². The minimum absolute atomic E-state index is 0.165.